The normalized spacial score (nSPS) is 37.4. The molecule has 8 N–H and O–H groups in total. The first-order valence-corrected chi connectivity index (χ1v) is 16.6. The number of H-pyrrole nitrogens is 1. The van der Waals surface area contributed by atoms with Gasteiger partial charge in [0.2, 0.25) is 5.95 Å². The molecule has 7 heterocycles. The first kappa shape index (κ1) is 31.1. The minimum Gasteiger partial charge on any atom is -0.387 e. The van der Waals surface area contributed by atoms with E-state index in [0.29, 0.717) is 0 Å². The number of aromatic nitrogens is 8. The van der Waals surface area contributed by atoms with Crippen LogP contribution in [0.1, 0.15) is 12.5 Å². The number of phosphoric ester groups is 1. The summed E-state index contributed by atoms with van der Waals surface area (Å²) >= 11 is 0. The highest BCUT2D eigenvalue weighted by Gasteiger charge is 2.53. The molecular weight excluding hydrogens is 665 g/mol. The molecule has 4 aromatic heterocycles. The van der Waals surface area contributed by atoms with Gasteiger partial charge in [-0.15, -0.1) is 0 Å². The minimum absolute atomic E-state index is 0.000982. The van der Waals surface area contributed by atoms with Crippen molar-refractivity contribution < 1.29 is 56.2 Å². The van der Waals surface area contributed by atoms with Crippen LogP contribution >= 0.6 is 15.4 Å². The van der Waals surface area contributed by atoms with E-state index in [9.17, 15) is 28.8 Å². The molecule has 248 valence electrons. The predicted octanol–water partition coefficient (Wildman–Crippen LogP) is -1.32. The van der Waals surface area contributed by atoms with Gasteiger partial charge in [0.05, 0.1) is 25.9 Å². The summed E-state index contributed by atoms with van der Waals surface area (Å²) in [6, 6.07) is 0. The molecule has 2 bridgehead atoms. The Morgan fingerprint density at radius 1 is 0.935 bits per heavy atom. The Kier molecular flexibility index (Phi) is 7.68. The molecule has 3 aliphatic rings. The van der Waals surface area contributed by atoms with Gasteiger partial charge >= 0.3 is 15.4 Å². The van der Waals surface area contributed by atoms with Crippen molar-refractivity contribution in [1.82, 2.24) is 39.0 Å². The van der Waals surface area contributed by atoms with Crippen molar-refractivity contribution in [2.24, 2.45) is 0 Å². The van der Waals surface area contributed by atoms with Gasteiger partial charge < -0.3 is 45.1 Å². The molecule has 0 amide bonds. The summed E-state index contributed by atoms with van der Waals surface area (Å²) in [5.41, 5.74) is 10.8. The van der Waals surface area contributed by atoms with Crippen LogP contribution in [0.5, 0.6) is 0 Å². The lowest BCUT2D eigenvalue weighted by atomic mass is 10.1. The Balaban J connectivity index is 1.18. The number of halogens is 1. The molecule has 4 unspecified atom stereocenters. The number of nitrogens with two attached hydrogens (primary N) is 2. The Morgan fingerprint density at radius 3 is 2.41 bits per heavy atom. The third kappa shape index (κ3) is 5.48. The molecule has 0 aromatic carbocycles. The molecule has 0 aliphatic carbocycles. The van der Waals surface area contributed by atoms with Crippen LogP contribution in [-0.2, 0) is 36.9 Å². The second-order valence-electron chi connectivity index (χ2n) is 10.5. The van der Waals surface area contributed by atoms with Gasteiger partial charge in [0.1, 0.15) is 48.7 Å². The Labute approximate surface area is 254 Å². The molecule has 46 heavy (non-hydrogen) atoms. The molecule has 3 aliphatic heterocycles. The van der Waals surface area contributed by atoms with E-state index in [1.165, 1.54) is 4.57 Å². The van der Waals surface area contributed by atoms with Crippen molar-refractivity contribution in [2.45, 2.75) is 49.1 Å². The van der Waals surface area contributed by atoms with E-state index in [-0.39, 0.29) is 34.1 Å². The number of ether oxygens (including phenoxy) is 3. The Hall–Kier alpha value is -3.47. The molecule has 4 aromatic rings. The van der Waals surface area contributed by atoms with Crippen molar-refractivity contribution in [3.05, 3.63) is 29.3 Å². The Bertz CT molecular complexity index is 1960. The number of imidazole rings is 2. The molecule has 22 nitrogen and oxygen atoms in total. The van der Waals surface area contributed by atoms with Gasteiger partial charge in [-0.2, -0.15) is 4.98 Å². The second kappa shape index (κ2) is 11.3. The fourth-order valence-electron chi connectivity index (χ4n) is 5.38. The van der Waals surface area contributed by atoms with Gasteiger partial charge in [0.15, 0.2) is 41.3 Å². The van der Waals surface area contributed by atoms with E-state index in [1.807, 2.05) is 0 Å². The van der Waals surface area contributed by atoms with E-state index in [4.69, 9.17) is 39.2 Å². The Morgan fingerprint density at radius 2 is 1.63 bits per heavy atom. The topological polar surface area (TPSA) is 309 Å². The zero-order chi connectivity index (χ0) is 32.5. The van der Waals surface area contributed by atoms with E-state index in [0.717, 1.165) is 23.5 Å². The zero-order valence-electron chi connectivity index (χ0n) is 23.0. The fraction of sp³-hybridized carbons (Fsp3) is 0.524. The lowest BCUT2D eigenvalue weighted by Crippen LogP contribution is -2.37. The number of hydrogen-bond donors (Lipinski definition) is 6. The highest BCUT2D eigenvalue weighted by molar-refractivity contribution is 7.52. The molecule has 0 spiro atoms. The molecule has 0 saturated carbocycles. The molecule has 3 fully saturated rings. The number of nitrogens with zero attached hydrogens (tertiary/aromatic N) is 7. The van der Waals surface area contributed by atoms with Crippen LogP contribution in [0.25, 0.3) is 22.3 Å². The monoisotopic (exact) mass is 690 g/mol. The van der Waals surface area contributed by atoms with Crippen molar-refractivity contribution >= 4 is 49.5 Å². The number of nitrogen functional groups attached to an aromatic ring is 2. The third-order valence-corrected chi connectivity index (χ3v) is 9.51. The highest BCUT2D eigenvalue weighted by Crippen LogP contribution is 2.52. The van der Waals surface area contributed by atoms with Crippen LogP contribution < -0.4 is 17.0 Å². The van der Waals surface area contributed by atoms with E-state index in [1.54, 1.807) is 0 Å². The predicted molar refractivity (Wildman–Crippen MR) is 147 cm³/mol. The summed E-state index contributed by atoms with van der Waals surface area (Å²) in [5, 5.41) is 11.0. The number of alkyl halides is 1. The lowest BCUT2D eigenvalue weighted by molar-refractivity contribution is -0.0640. The number of aliphatic hydroxyl groups is 1. The largest absolute Gasteiger partial charge is 0.472 e. The number of aliphatic hydroxyl groups excluding tert-OH is 1. The van der Waals surface area contributed by atoms with E-state index >= 15 is 4.39 Å². The first-order chi connectivity index (χ1) is 21.8. The highest BCUT2D eigenvalue weighted by atomic mass is 31.2. The number of anilines is 2. The summed E-state index contributed by atoms with van der Waals surface area (Å²) in [5.74, 6) is -0.263. The number of phosphoric acid groups is 1. The van der Waals surface area contributed by atoms with E-state index < -0.39 is 89.7 Å². The zero-order valence-corrected chi connectivity index (χ0v) is 24.8. The van der Waals surface area contributed by atoms with Crippen LogP contribution in [0.3, 0.4) is 0 Å². The van der Waals surface area contributed by atoms with E-state index in [2.05, 4.69) is 29.9 Å². The summed E-state index contributed by atoms with van der Waals surface area (Å²) in [6.45, 7) is -1.63. The van der Waals surface area contributed by atoms with Crippen molar-refractivity contribution in [3.8, 4) is 0 Å². The number of rotatable bonds is 2. The molecule has 25 heteroatoms. The van der Waals surface area contributed by atoms with Gasteiger partial charge in [-0.1, -0.05) is 0 Å². The van der Waals surface area contributed by atoms with Gasteiger partial charge in [-0.25, -0.2) is 28.9 Å². The maximum atomic E-state index is 15.9. The molecule has 7 rings (SSSR count). The maximum absolute atomic E-state index is 15.9. The summed E-state index contributed by atoms with van der Waals surface area (Å²) in [6.07, 6.45) is -10.7. The average Bonchev–Trinajstić information content (AvgIpc) is 3.75. The summed E-state index contributed by atoms with van der Waals surface area (Å²) in [4.78, 5) is 55.6. The smallest absolute Gasteiger partial charge is 0.387 e. The number of fused-ring (bicyclic) bond motifs is 5. The standard InChI is InChI=1S/C21H25FN10O12P2/c22-9-13-8(43-19(9)31-4-27-10-15(23)25-3-26-16(10)31)2-40-45(35,36)6-39-14-12(33)7(1-41-46(37,38)44-13)42-20(14)32-5-28-11-17(32)29-21(24)30-18(11)34/h3-5,7-9,12-14,19-20,33H,1-2,6H2,(H,35,36)(H,37,38)(H2,23,25,26)(H3,24,29,30,34)/t7-,8-,9?,12+,13+,14?,19-,20-/m1/s1. The summed E-state index contributed by atoms with van der Waals surface area (Å²) < 4.78 is 77.0. The second-order valence-corrected chi connectivity index (χ2v) is 13.6. The first-order valence-electron chi connectivity index (χ1n) is 13.3. The SMILES string of the molecule is Nc1nc2c(ncn2[C@@H]2O[C@@H]3COP(=O)(O)O[C@@H]4C(F)[C@H](n5cnc6c(N)ncnc65)O[C@@H]4COP(=O)(O)COC2[C@H]3O)c(=O)[nH]1. The molecule has 0 radical (unpaired) electrons. The van der Waals surface area contributed by atoms with Crippen LogP contribution in [0.15, 0.2) is 23.8 Å². The number of nitrogens with one attached hydrogen (secondary N) is 1. The van der Waals surface area contributed by atoms with Crippen LogP contribution in [0, 0.1) is 0 Å². The fourth-order valence-corrected chi connectivity index (χ4v) is 7.15. The van der Waals surface area contributed by atoms with Crippen LogP contribution in [-0.4, -0.2) is 110 Å². The van der Waals surface area contributed by atoms with Gasteiger partial charge in [0, 0.05) is 0 Å². The number of hydrogen-bond acceptors (Lipinski definition) is 17. The van der Waals surface area contributed by atoms with Gasteiger partial charge in [-0.05, 0) is 0 Å². The van der Waals surface area contributed by atoms with Crippen LogP contribution in [0.4, 0.5) is 16.2 Å². The maximum Gasteiger partial charge on any atom is 0.472 e. The van der Waals surface area contributed by atoms with Gasteiger partial charge in [0.25, 0.3) is 5.56 Å². The lowest BCUT2D eigenvalue weighted by Gasteiger charge is -2.26. The molecule has 10 atom stereocenters. The number of aromatic amines is 1. The minimum atomic E-state index is -5.16. The van der Waals surface area contributed by atoms with Crippen molar-refractivity contribution in [1.29, 1.82) is 0 Å². The third-order valence-electron chi connectivity index (χ3n) is 7.49. The quantitative estimate of drug-likeness (QED) is 0.133. The van der Waals surface area contributed by atoms with Crippen molar-refractivity contribution in [2.75, 3.05) is 31.0 Å². The van der Waals surface area contributed by atoms with Crippen LogP contribution in [0.2, 0.25) is 0 Å². The van der Waals surface area contributed by atoms with Crippen molar-refractivity contribution in [3.63, 3.8) is 0 Å². The molecule has 3 saturated heterocycles. The average molecular weight is 690 g/mol. The summed E-state index contributed by atoms with van der Waals surface area (Å²) in [7, 11) is -9.85. The molecular formula is C21H25FN10O12P2. The van der Waals surface area contributed by atoms with Gasteiger partial charge in [-0.3, -0.25) is 32.5 Å².